The van der Waals surface area contributed by atoms with Gasteiger partial charge in [0.1, 0.15) is 0 Å². The Hall–Kier alpha value is -0.0800. The predicted octanol–water partition coefficient (Wildman–Crippen LogP) is 1.54. The fraction of sp³-hybridized carbons (Fsp3) is 1.00. The molecule has 2 N–H and O–H groups in total. The number of nitrogens with one attached hydrogen (secondary N) is 1. The van der Waals surface area contributed by atoms with Gasteiger partial charge in [-0.15, -0.1) is 0 Å². The number of rotatable bonds is 4. The lowest BCUT2D eigenvalue weighted by Gasteiger charge is -2.29. The van der Waals surface area contributed by atoms with E-state index in [-0.39, 0.29) is 0 Å². The molecule has 2 nitrogen and oxygen atoms in total. The Morgan fingerprint density at radius 1 is 1.42 bits per heavy atom. The summed E-state index contributed by atoms with van der Waals surface area (Å²) in [6.07, 6.45) is 5.93. The van der Waals surface area contributed by atoms with Crippen molar-refractivity contribution in [1.29, 1.82) is 0 Å². The van der Waals surface area contributed by atoms with Gasteiger partial charge in [0, 0.05) is 0 Å². The lowest BCUT2D eigenvalue weighted by atomic mass is 9.85. The molecule has 0 saturated heterocycles. The topological polar surface area (TPSA) is 32.3 Å². The molecule has 0 spiro atoms. The van der Waals surface area contributed by atoms with Crippen LogP contribution >= 0.6 is 0 Å². The molecule has 0 radical (unpaired) electrons. The zero-order valence-corrected chi connectivity index (χ0v) is 8.27. The largest absolute Gasteiger partial charge is 0.390 e. The van der Waals surface area contributed by atoms with Crippen molar-refractivity contribution in [2.24, 2.45) is 5.92 Å². The van der Waals surface area contributed by atoms with Crippen LogP contribution in [0.15, 0.2) is 0 Å². The fourth-order valence-electron chi connectivity index (χ4n) is 2.13. The van der Waals surface area contributed by atoms with Crippen LogP contribution < -0.4 is 5.32 Å². The first kappa shape index (κ1) is 10.0. The van der Waals surface area contributed by atoms with Crippen LogP contribution in [0.2, 0.25) is 0 Å². The molecule has 1 atom stereocenters. The van der Waals surface area contributed by atoms with Crippen molar-refractivity contribution in [2.45, 2.75) is 44.6 Å². The van der Waals surface area contributed by atoms with E-state index in [1.165, 1.54) is 25.7 Å². The van der Waals surface area contributed by atoms with E-state index in [0.717, 1.165) is 13.0 Å². The molecule has 72 valence electrons. The zero-order valence-electron chi connectivity index (χ0n) is 8.27. The summed E-state index contributed by atoms with van der Waals surface area (Å²) in [6.45, 7) is 2.91. The molecular weight excluding hydrogens is 150 g/mol. The van der Waals surface area contributed by atoms with Crippen LogP contribution in [0.1, 0.15) is 39.0 Å². The van der Waals surface area contributed by atoms with Crippen molar-refractivity contribution in [3.63, 3.8) is 0 Å². The highest BCUT2D eigenvalue weighted by atomic mass is 16.3. The zero-order chi connectivity index (χ0) is 9.03. The van der Waals surface area contributed by atoms with Gasteiger partial charge in [-0.1, -0.05) is 12.8 Å². The number of hydrogen-bond donors (Lipinski definition) is 2. The average Bonchev–Trinajstić information content (AvgIpc) is 2.53. The van der Waals surface area contributed by atoms with E-state index in [0.29, 0.717) is 5.92 Å². The average molecular weight is 171 g/mol. The second-order valence-corrected chi connectivity index (χ2v) is 4.19. The first-order chi connectivity index (χ1) is 5.67. The van der Waals surface area contributed by atoms with Gasteiger partial charge in [0.05, 0.1) is 5.60 Å². The summed E-state index contributed by atoms with van der Waals surface area (Å²) < 4.78 is 0. The van der Waals surface area contributed by atoms with E-state index in [1.54, 1.807) is 0 Å². The Morgan fingerprint density at radius 2 is 2.00 bits per heavy atom. The normalized spacial score (nSPS) is 24.2. The SMILES string of the molecule is CNCCC(C)(O)C1CCCC1. The van der Waals surface area contributed by atoms with Crippen molar-refractivity contribution in [3.05, 3.63) is 0 Å². The monoisotopic (exact) mass is 171 g/mol. The quantitative estimate of drug-likeness (QED) is 0.672. The van der Waals surface area contributed by atoms with Gasteiger partial charge in [-0.3, -0.25) is 0 Å². The van der Waals surface area contributed by atoms with Gasteiger partial charge in [-0.25, -0.2) is 0 Å². The van der Waals surface area contributed by atoms with Crippen LogP contribution in [0.25, 0.3) is 0 Å². The highest BCUT2D eigenvalue weighted by Gasteiger charge is 2.32. The molecule has 2 heteroatoms. The van der Waals surface area contributed by atoms with Gasteiger partial charge in [0.15, 0.2) is 0 Å². The van der Waals surface area contributed by atoms with Crippen LogP contribution in [0.5, 0.6) is 0 Å². The molecule has 0 aromatic heterocycles. The lowest BCUT2D eigenvalue weighted by molar-refractivity contribution is -0.00543. The standard InChI is InChI=1S/C10H21NO/c1-10(12,7-8-11-2)9-5-3-4-6-9/h9,11-12H,3-8H2,1-2H3. The predicted molar refractivity (Wildman–Crippen MR) is 51.1 cm³/mol. The third kappa shape index (κ3) is 2.46. The summed E-state index contributed by atoms with van der Waals surface area (Å²) in [7, 11) is 1.94. The van der Waals surface area contributed by atoms with Crippen molar-refractivity contribution in [3.8, 4) is 0 Å². The van der Waals surface area contributed by atoms with E-state index < -0.39 is 5.60 Å². The van der Waals surface area contributed by atoms with Crippen LogP contribution in [0.4, 0.5) is 0 Å². The number of aliphatic hydroxyl groups is 1. The van der Waals surface area contributed by atoms with Crippen molar-refractivity contribution < 1.29 is 5.11 Å². The Bertz CT molecular complexity index is 128. The molecular formula is C10H21NO. The molecule has 1 aliphatic rings. The molecule has 1 unspecified atom stereocenters. The van der Waals surface area contributed by atoms with E-state index in [4.69, 9.17) is 0 Å². The minimum atomic E-state index is -0.431. The molecule has 0 heterocycles. The van der Waals surface area contributed by atoms with Gasteiger partial charge < -0.3 is 10.4 Å². The Labute approximate surface area is 75.4 Å². The fourth-order valence-corrected chi connectivity index (χ4v) is 2.13. The first-order valence-corrected chi connectivity index (χ1v) is 5.04. The summed E-state index contributed by atoms with van der Waals surface area (Å²) >= 11 is 0. The Kier molecular flexibility index (Phi) is 3.53. The second kappa shape index (κ2) is 4.24. The molecule has 12 heavy (non-hydrogen) atoms. The summed E-state index contributed by atoms with van der Waals surface area (Å²) in [6, 6.07) is 0. The minimum Gasteiger partial charge on any atom is -0.390 e. The van der Waals surface area contributed by atoms with E-state index >= 15 is 0 Å². The summed E-state index contributed by atoms with van der Waals surface area (Å²) in [4.78, 5) is 0. The summed E-state index contributed by atoms with van der Waals surface area (Å²) in [5.74, 6) is 0.547. The van der Waals surface area contributed by atoms with E-state index in [2.05, 4.69) is 5.32 Å². The highest BCUT2D eigenvalue weighted by molar-refractivity contribution is 4.85. The second-order valence-electron chi connectivity index (χ2n) is 4.19. The molecule has 0 aromatic rings. The Balaban J connectivity index is 2.34. The molecule has 0 aromatic carbocycles. The lowest BCUT2D eigenvalue weighted by Crippen LogP contribution is -2.35. The molecule has 1 saturated carbocycles. The van der Waals surface area contributed by atoms with Crippen LogP contribution in [0, 0.1) is 5.92 Å². The van der Waals surface area contributed by atoms with Crippen LogP contribution in [-0.2, 0) is 0 Å². The molecule has 0 bridgehead atoms. The van der Waals surface area contributed by atoms with Crippen molar-refractivity contribution in [1.82, 2.24) is 5.32 Å². The third-order valence-corrected chi connectivity index (χ3v) is 3.12. The van der Waals surface area contributed by atoms with Crippen LogP contribution in [0.3, 0.4) is 0 Å². The van der Waals surface area contributed by atoms with E-state index in [9.17, 15) is 5.11 Å². The third-order valence-electron chi connectivity index (χ3n) is 3.12. The van der Waals surface area contributed by atoms with Gasteiger partial charge in [0.25, 0.3) is 0 Å². The van der Waals surface area contributed by atoms with Crippen molar-refractivity contribution >= 4 is 0 Å². The molecule has 1 fully saturated rings. The van der Waals surface area contributed by atoms with Gasteiger partial charge in [-0.05, 0) is 45.7 Å². The number of hydrogen-bond acceptors (Lipinski definition) is 2. The summed E-state index contributed by atoms with van der Waals surface area (Å²) in [5.41, 5.74) is -0.431. The Morgan fingerprint density at radius 3 is 2.50 bits per heavy atom. The van der Waals surface area contributed by atoms with Gasteiger partial charge >= 0.3 is 0 Å². The molecule has 1 rings (SSSR count). The van der Waals surface area contributed by atoms with Crippen LogP contribution in [-0.4, -0.2) is 24.3 Å². The summed E-state index contributed by atoms with van der Waals surface area (Å²) in [5, 5.41) is 13.2. The van der Waals surface area contributed by atoms with E-state index in [1.807, 2.05) is 14.0 Å². The smallest absolute Gasteiger partial charge is 0.0659 e. The molecule has 0 aliphatic heterocycles. The molecule has 0 amide bonds. The highest BCUT2D eigenvalue weighted by Crippen LogP contribution is 2.35. The maximum Gasteiger partial charge on any atom is 0.0659 e. The maximum atomic E-state index is 10.1. The van der Waals surface area contributed by atoms with Gasteiger partial charge in [0.2, 0.25) is 0 Å². The maximum absolute atomic E-state index is 10.1. The van der Waals surface area contributed by atoms with Crippen molar-refractivity contribution in [2.75, 3.05) is 13.6 Å². The van der Waals surface area contributed by atoms with Gasteiger partial charge in [-0.2, -0.15) is 0 Å². The first-order valence-electron chi connectivity index (χ1n) is 5.04. The minimum absolute atomic E-state index is 0.431. The molecule has 1 aliphatic carbocycles.